The van der Waals surface area contributed by atoms with E-state index >= 15 is 0 Å². The number of benzene rings is 2. The van der Waals surface area contributed by atoms with E-state index in [9.17, 15) is 4.79 Å². The third-order valence-corrected chi connectivity index (χ3v) is 4.20. The van der Waals surface area contributed by atoms with E-state index in [1.165, 1.54) is 0 Å². The number of H-pyrrole nitrogens is 1. The fourth-order valence-electron chi connectivity index (χ4n) is 2.20. The Morgan fingerprint density at radius 1 is 1.14 bits per heavy atom. The van der Waals surface area contributed by atoms with Gasteiger partial charge in [-0.05, 0) is 24.3 Å². The molecular weight excluding hydrogens is 294 g/mol. The lowest BCUT2D eigenvalue weighted by molar-refractivity contribution is 0.102. The maximum atomic E-state index is 12.5. The molecule has 1 amide bonds. The van der Waals surface area contributed by atoms with Crippen LogP contribution in [0.15, 0.2) is 53.4 Å². The van der Waals surface area contributed by atoms with Crippen molar-refractivity contribution in [1.29, 1.82) is 0 Å². The average molecular weight is 311 g/mol. The Hall–Kier alpha value is -2.27. The molecule has 1 aromatic heterocycles. The highest BCUT2D eigenvalue weighted by Crippen LogP contribution is 2.27. The van der Waals surface area contributed by atoms with Crippen molar-refractivity contribution in [3.05, 3.63) is 54.1 Å². The molecule has 0 saturated carbocycles. The molecule has 5 heteroatoms. The van der Waals surface area contributed by atoms with Gasteiger partial charge in [0.15, 0.2) is 0 Å². The van der Waals surface area contributed by atoms with Crippen molar-refractivity contribution in [1.82, 2.24) is 9.97 Å². The fourth-order valence-corrected chi connectivity index (χ4v) is 3.15. The number of imidazole rings is 1. The van der Waals surface area contributed by atoms with Gasteiger partial charge in [-0.3, -0.25) is 10.1 Å². The summed E-state index contributed by atoms with van der Waals surface area (Å²) in [6.45, 7) is 4.22. The van der Waals surface area contributed by atoms with Crippen molar-refractivity contribution in [2.45, 2.75) is 24.0 Å². The minimum absolute atomic E-state index is 0.150. The summed E-state index contributed by atoms with van der Waals surface area (Å²) in [4.78, 5) is 21.0. The number of amides is 1. The van der Waals surface area contributed by atoms with E-state index in [2.05, 4.69) is 29.1 Å². The van der Waals surface area contributed by atoms with Crippen molar-refractivity contribution in [2.75, 3.05) is 5.32 Å². The topological polar surface area (TPSA) is 57.8 Å². The quantitative estimate of drug-likeness (QED) is 0.706. The number of nitrogens with one attached hydrogen (secondary N) is 2. The molecule has 0 aliphatic carbocycles. The molecule has 0 saturated heterocycles. The Morgan fingerprint density at radius 2 is 1.86 bits per heavy atom. The molecule has 3 rings (SSSR count). The van der Waals surface area contributed by atoms with Gasteiger partial charge in [0.05, 0.1) is 16.6 Å². The molecule has 4 nitrogen and oxygen atoms in total. The minimum Gasteiger partial charge on any atom is -0.324 e. The summed E-state index contributed by atoms with van der Waals surface area (Å²) in [6, 6.07) is 15.3. The Labute approximate surface area is 133 Å². The number of fused-ring (bicyclic) bond motifs is 1. The summed E-state index contributed by atoms with van der Waals surface area (Å²) in [5.74, 6) is 0.318. The van der Waals surface area contributed by atoms with Gasteiger partial charge in [-0.2, -0.15) is 0 Å². The number of nitrogens with zero attached hydrogens (tertiary/aromatic N) is 1. The fraction of sp³-hybridized carbons (Fsp3) is 0.176. The highest BCUT2D eigenvalue weighted by molar-refractivity contribution is 8.00. The summed E-state index contributed by atoms with van der Waals surface area (Å²) in [5.41, 5.74) is 2.41. The molecule has 1 heterocycles. The van der Waals surface area contributed by atoms with Crippen LogP contribution in [0.1, 0.15) is 24.2 Å². The van der Waals surface area contributed by atoms with Gasteiger partial charge in [-0.25, -0.2) is 4.98 Å². The van der Waals surface area contributed by atoms with Gasteiger partial charge in [0, 0.05) is 10.1 Å². The van der Waals surface area contributed by atoms with E-state index in [-0.39, 0.29) is 5.91 Å². The Kier molecular flexibility index (Phi) is 4.15. The molecule has 112 valence electrons. The monoisotopic (exact) mass is 311 g/mol. The van der Waals surface area contributed by atoms with Crippen molar-refractivity contribution >= 4 is 34.7 Å². The predicted octanol–water partition coefficient (Wildman–Crippen LogP) is 4.32. The van der Waals surface area contributed by atoms with E-state index in [1.807, 2.05) is 48.5 Å². The minimum atomic E-state index is -0.150. The lowest BCUT2D eigenvalue weighted by Gasteiger charge is -2.10. The van der Waals surface area contributed by atoms with Crippen molar-refractivity contribution < 1.29 is 4.79 Å². The molecule has 0 spiro atoms. The number of aromatic amines is 1. The number of hydrogen-bond donors (Lipinski definition) is 2. The van der Waals surface area contributed by atoms with Crippen LogP contribution in [-0.2, 0) is 0 Å². The summed E-state index contributed by atoms with van der Waals surface area (Å²) in [7, 11) is 0. The lowest BCUT2D eigenvalue weighted by atomic mass is 10.2. The summed E-state index contributed by atoms with van der Waals surface area (Å²) < 4.78 is 0. The van der Waals surface area contributed by atoms with Crippen LogP contribution in [0.3, 0.4) is 0 Å². The first-order chi connectivity index (χ1) is 10.6. The Bertz CT molecular complexity index is 777. The Balaban J connectivity index is 1.85. The van der Waals surface area contributed by atoms with Crippen LogP contribution in [0.25, 0.3) is 11.0 Å². The SMILES string of the molecule is CC(C)Sc1ccccc1C(=O)Nc1nc2ccccc2[nH]1. The summed E-state index contributed by atoms with van der Waals surface area (Å²) in [6.07, 6.45) is 0. The molecule has 2 N–H and O–H groups in total. The van der Waals surface area contributed by atoms with Gasteiger partial charge in [-0.1, -0.05) is 38.1 Å². The number of rotatable bonds is 4. The van der Waals surface area contributed by atoms with Crippen LogP contribution in [0.2, 0.25) is 0 Å². The molecule has 0 aliphatic rings. The zero-order valence-electron chi connectivity index (χ0n) is 12.5. The highest BCUT2D eigenvalue weighted by Gasteiger charge is 2.14. The van der Waals surface area contributed by atoms with Gasteiger partial charge in [0.2, 0.25) is 5.95 Å². The van der Waals surface area contributed by atoms with Crippen LogP contribution in [0, 0.1) is 0 Å². The normalized spacial score (nSPS) is 11.0. The number of aromatic nitrogens is 2. The number of carbonyl (C=O) groups excluding carboxylic acids is 1. The zero-order chi connectivity index (χ0) is 15.5. The van der Waals surface area contributed by atoms with Crippen LogP contribution in [0.4, 0.5) is 5.95 Å². The smallest absolute Gasteiger partial charge is 0.259 e. The lowest BCUT2D eigenvalue weighted by Crippen LogP contribution is -2.14. The number of hydrogen-bond acceptors (Lipinski definition) is 3. The maximum absolute atomic E-state index is 12.5. The first kappa shape index (κ1) is 14.7. The second kappa shape index (κ2) is 6.23. The molecule has 0 aliphatic heterocycles. The van der Waals surface area contributed by atoms with E-state index in [0.717, 1.165) is 15.9 Å². The van der Waals surface area contributed by atoms with Crippen LogP contribution in [0.5, 0.6) is 0 Å². The third kappa shape index (κ3) is 3.14. The van der Waals surface area contributed by atoms with E-state index < -0.39 is 0 Å². The van der Waals surface area contributed by atoms with Crippen molar-refractivity contribution in [3.63, 3.8) is 0 Å². The second-order valence-corrected chi connectivity index (χ2v) is 6.84. The molecule has 22 heavy (non-hydrogen) atoms. The predicted molar refractivity (Wildman–Crippen MR) is 91.5 cm³/mol. The van der Waals surface area contributed by atoms with Crippen LogP contribution < -0.4 is 5.32 Å². The first-order valence-electron chi connectivity index (χ1n) is 7.15. The number of para-hydroxylation sites is 2. The van der Waals surface area contributed by atoms with Crippen LogP contribution in [-0.4, -0.2) is 21.1 Å². The molecule has 2 aromatic carbocycles. The standard InChI is InChI=1S/C17H17N3OS/c1-11(2)22-15-10-6-3-7-12(15)16(21)20-17-18-13-8-4-5-9-14(13)19-17/h3-11H,1-2H3,(H2,18,19,20,21). The van der Waals surface area contributed by atoms with Gasteiger partial charge in [0.1, 0.15) is 0 Å². The van der Waals surface area contributed by atoms with Crippen molar-refractivity contribution in [2.24, 2.45) is 0 Å². The highest BCUT2D eigenvalue weighted by atomic mass is 32.2. The summed E-state index contributed by atoms with van der Waals surface area (Å²) in [5, 5.41) is 3.26. The molecule has 0 unspecified atom stereocenters. The molecule has 0 bridgehead atoms. The van der Waals surface area contributed by atoms with Gasteiger partial charge in [0.25, 0.3) is 5.91 Å². The average Bonchev–Trinajstić information content (AvgIpc) is 2.89. The summed E-state index contributed by atoms with van der Waals surface area (Å²) >= 11 is 1.68. The molecule has 0 atom stereocenters. The third-order valence-electron chi connectivity index (χ3n) is 3.12. The maximum Gasteiger partial charge on any atom is 0.259 e. The first-order valence-corrected chi connectivity index (χ1v) is 8.03. The second-order valence-electron chi connectivity index (χ2n) is 5.22. The Morgan fingerprint density at radius 3 is 2.64 bits per heavy atom. The largest absolute Gasteiger partial charge is 0.324 e. The van der Waals surface area contributed by atoms with Crippen LogP contribution >= 0.6 is 11.8 Å². The molecular formula is C17H17N3OS. The molecule has 0 radical (unpaired) electrons. The van der Waals surface area contributed by atoms with Gasteiger partial charge in [-0.15, -0.1) is 11.8 Å². The van der Waals surface area contributed by atoms with Crippen molar-refractivity contribution in [3.8, 4) is 0 Å². The number of thioether (sulfide) groups is 1. The molecule has 3 aromatic rings. The van der Waals surface area contributed by atoms with Gasteiger partial charge >= 0.3 is 0 Å². The molecule has 0 fully saturated rings. The van der Waals surface area contributed by atoms with E-state index in [0.29, 0.717) is 16.8 Å². The van der Waals surface area contributed by atoms with E-state index in [1.54, 1.807) is 11.8 Å². The number of carbonyl (C=O) groups is 1. The zero-order valence-corrected chi connectivity index (χ0v) is 13.3. The van der Waals surface area contributed by atoms with Gasteiger partial charge < -0.3 is 4.98 Å². The van der Waals surface area contributed by atoms with E-state index in [4.69, 9.17) is 0 Å². The number of anilines is 1.